The predicted molar refractivity (Wildman–Crippen MR) is 86.8 cm³/mol. The smallest absolute Gasteiger partial charge is 0.0701 e. The average molecular weight is 301 g/mol. The minimum absolute atomic E-state index is 0.632. The quantitative estimate of drug-likeness (QED) is 0.501. The number of unbranched alkanes of at least 4 members (excludes halogenated alkanes) is 1. The van der Waals surface area contributed by atoms with Gasteiger partial charge in [0.1, 0.15) is 0 Å². The van der Waals surface area contributed by atoms with E-state index in [1.54, 1.807) is 0 Å². The van der Waals surface area contributed by atoms with Gasteiger partial charge < -0.3 is 19.5 Å². The van der Waals surface area contributed by atoms with Crippen molar-refractivity contribution in [3.63, 3.8) is 0 Å². The van der Waals surface area contributed by atoms with Gasteiger partial charge in [0.15, 0.2) is 0 Å². The molecule has 0 saturated heterocycles. The van der Waals surface area contributed by atoms with E-state index in [0.717, 1.165) is 32.1 Å². The fourth-order valence-corrected chi connectivity index (χ4v) is 2.77. The molecule has 1 aliphatic rings. The van der Waals surface area contributed by atoms with E-state index in [1.807, 2.05) is 0 Å². The van der Waals surface area contributed by atoms with E-state index >= 15 is 0 Å². The van der Waals surface area contributed by atoms with Gasteiger partial charge in [0.05, 0.1) is 33.0 Å². The van der Waals surface area contributed by atoms with E-state index in [2.05, 4.69) is 19.2 Å². The average Bonchev–Trinajstić information content (AvgIpc) is 3.02. The Labute approximate surface area is 130 Å². The van der Waals surface area contributed by atoms with Crippen LogP contribution < -0.4 is 5.32 Å². The number of hydrogen-bond acceptors (Lipinski definition) is 4. The number of ether oxygens (including phenoxy) is 3. The lowest BCUT2D eigenvalue weighted by Gasteiger charge is -2.20. The topological polar surface area (TPSA) is 39.7 Å². The number of hydrogen-bond donors (Lipinski definition) is 1. The van der Waals surface area contributed by atoms with Crippen LogP contribution in [0.15, 0.2) is 0 Å². The van der Waals surface area contributed by atoms with Crippen molar-refractivity contribution < 1.29 is 14.2 Å². The predicted octanol–water partition coefficient (Wildman–Crippen LogP) is 3.00. The van der Waals surface area contributed by atoms with Gasteiger partial charge in [0.2, 0.25) is 0 Å². The van der Waals surface area contributed by atoms with Crippen LogP contribution in [0.25, 0.3) is 0 Å². The molecule has 1 unspecified atom stereocenters. The largest absolute Gasteiger partial charge is 0.379 e. The molecule has 0 heterocycles. The van der Waals surface area contributed by atoms with E-state index in [1.165, 1.54) is 32.1 Å². The van der Waals surface area contributed by atoms with Gasteiger partial charge in [0, 0.05) is 19.2 Å². The Balaban J connectivity index is 1.74. The highest BCUT2D eigenvalue weighted by atomic mass is 16.5. The molecule has 4 nitrogen and oxygen atoms in total. The van der Waals surface area contributed by atoms with Gasteiger partial charge in [-0.2, -0.15) is 0 Å². The lowest BCUT2D eigenvalue weighted by molar-refractivity contribution is 0.0143. The molecule has 126 valence electrons. The molecule has 0 aromatic rings. The van der Waals surface area contributed by atoms with Crippen LogP contribution in [-0.2, 0) is 14.2 Å². The van der Waals surface area contributed by atoms with Crippen molar-refractivity contribution in [2.75, 3.05) is 46.2 Å². The maximum absolute atomic E-state index is 5.56. The summed E-state index contributed by atoms with van der Waals surface area (Å²) in [5.41, 5.74) is 0. The Morgan fingerprint density at radius 3 is 2.10 bits per heavy atom. The van der Waals surface area contributed by atoms with E-state index in [0.29, 0.717) is 32.5 Å². The van der Waals surface area contributed by atoms with Gasteiger partial charge >= 0.3 is 0 Å². The van der Waals surface area contributed by atoms with Crippen molar-refractivity contribution >= 4 is 0 Å². The zero-order chi connectivity index (χ0) is 15.2. The third-order valence-corrected chi connectivity index (χ3v) is 4.21. The van der Waals surface area contributed by atoms with Gasteiger partial charge in [-0.25, -0.2) is 0 Å². The van der Waals surface area contributed by atoms with Gasteiger partial charge in [-0.05, 0) is 32.1 Å². The molecule has 0 aromatic heterocycles. The van der Waals surface area contributed by atoms with Crippen LogP contribution in [0, 0.1) is 5.92 Å². The summed E-state index contributed by atoms with van der Waals surface area (Å²) in [6, 6.07) is 0.632. The van der Waals surface area contributed by atoms with Crippen molar-refractivity contribution in [1.82, 2.24) is 5.32 Å². The fourth-order valence-electron chi connectivity index (χ4n) is 2.77. The molecule has 0 bridgehead atoms. The second-order valence-corrected chi connectivity index (χ2v) is 5.98. The van der Waals surface area contributed by atoms with E-state index in [9.17, 15) is 0 Å². The zero-order valence-corrected chi connectivity index (χ0v) is 14.1. The second-order valence-electron chi connectivity index (χ2n) is 5.98. The first-order chi connectivity index (χ1) is 10.3. The molecule has 0 aromatic carbocycles. The molecule has 21 heavy (non-hydrogen) atoms. The van der Waals surface area contributed by atoms with Gasteiger partial charge in [-0.1, -0.05) is 26.2 Å². The van der Waals surface area contributed by atoms with Crippen LogP contribution in [0.5, 0.6) is 0 Å². The number of nitrogens with one attached hydrogen (secondary N) is 1. The van der Waals surface area contributed by atoms with Crippen LogP contribution in [0.3, 0.4) is 0 Å². The maximum Gasteiger partial charge on any atom is 0.0701 e. The lowest BCUT2D eigenvalue weighted by atomic mass is 10.00. The van der Waals surface area contributed by atoms with Crippen molar-refractivity contribution in [2.24, 2.45) is 5.92 Å². The molecule has 1 rings (SSSR count). The first-order valence-corrected chi connectivity index (χ1v) is 8.81. The highest BCUT2D eigenvalue weighted by Gasteiger charge is 2.20. The Kier molecular flexibility index (Phi) is 12.1. The molecule has 4 heteroatoms. The van der Waals surface area contributed by atoms with Crippen LogP contribution in [0.4, 0.5) is 0 Å². The first-order valence-electron chi connectivity index (χ1n) is 8.81. The summed E-state index contributed by atoms with van der Waals surface area (Å²) in [6.45, 7) is 9.74. The molecule has 1 aliphatic carbocycles. The van der Waals surface area contributed by atoms with Gasteiger partial charge in [0.25, 0.3) is 0 Å². The summed E-state index contributed by atoms with van der Waals surface area (Å²) in [7, 11) is 0. The molecule has 1 N–H and O–H groups in total. The summed E-state index contributed by atoms with van der Waals surface area (Å²) in [5.74, 6) is 0.876. The normalized spacial score (nSPS) is 17.4. The highest BCUT2D eigenvalue weighted by Crippen LogP contribution is 2.27. The van der Waals surface area contributed by atoms with Gasteiger partial charge in [-0.3, -0.25) is 0 Å². The SMILES string of the molecule is CCCCOCCOCCOCCNC(C)C1CCCC1. The Hall–Kier alpha value is -0.160. The highest BCUT2D eigenvalue weighted by molar-refractivity contribution is 4.76. The van der Waals surface area contributed by atoms with Crippen molar-refractivity contribution in [3.05, 3.63) is 0 Å². The minimum atomic E-state index is 0.632. The van der Waals surface area contributed by atoms with Gasteiger partial charge in [-0.15, -0.1) is 0 Å². The molecule has 1 atom stereocenters. The lowest BCUT2D eigenvalue weighted by Crippen LogP contribution is -2.34. The Bertz CT molecular complexity index is 220. The maximum atomic E-state index is 5.56. The Morgan fingerprint density at radius 2 is 1.48 bits per heavy atom. The van der Waals surface area contributed by atoms with Crippen LogP contribution in [0.2, 0.25) is 0 Å². The van der Waals surface area contributed by atoms with Crippen LogP contribution in [-0.4, -0.2) is 52.2 Å². The van der Waals surface area contributed by atoms with E-state index < -0.39 is 0 Å². The van der Waals surface area contributed by atoms with Crippen LogP contribution in [0.1, 0.15) is 52.4 Å². The summed E-state index contributed by atoms with van der Waals surface area (Å²) in [5, 5.41) is 3.57. The summed E-state index contributed by atoms with van der Waals surface area (Å²) >= 11 is 0. The molecule has 0 spiro atoms. The molecule has 1 saturated carbocycles. The van der Waals surface area contributed by atoms with Crippen molar-refractivity contribution in [2.45, 2.75) is 58.4 Å². The summed E-state index contributed by atoms with van der Waals surface area (Å²) in [6.07, 6.45) is 7.92. The minimum Gasteiger partial charge on any atom is -0.379 e. The monoisotopic (exact) mass is 301 g/mol. The molecule has 0 radical (unpaired) electrons. The Morgan fingerprint density at radius 1 is 0.905 bits per heavy atom. The first kappa shape index (κ1) is 18.9. The fraction of sp³-hybridized carbons (Fsp3) is 1.00. The van der Waals surface area contributed by atoms with Crippen molar-refractivity contribution in [3.8, 4) is 0 Å². The standard InChI is InChI=1S/C17H35NO3/c1-3-4-10-19-12-14-21-15-13-20-11-9-18-16(2)17-7-5-6-8-17/h16-18H,3-15H2,1-2H3. The molecule has 0 aliphatic heterocycles. The van der Waals surface area contributed by atoms with E-state index in [4.69, 9.17) is 14.2 Å². The van der Waals surface area contributed by atoms with E-state index in [-0.39, 0.29) is 0 Å². The molecule has 0 amide bonds. The second kappa shape index (κ2) is 13.5. The van der Waals surface area contributed by atoms with Crippen molar-refractivity contribution in [1.29, 1.82) is 0 Å². The summed E-state index contributed by atoms with van der Waals surface area (Å²) < 4.78 is 16.4. The zero-order valence-electron chi connectivity index (χ0n) is 14.1. The molecular formula is C17H35NO3. The van der Waals surface area contributed by atoms with Crippen LogP contribution >= 0.6 is 0 Å². The number of rotatable bonds is 14. The molecule has 1 fully saturated rings. The third kappa shape index (κ3) is 10.2. The molecular weight excluding hydrogens is 266 g/mol. The third-order valence-electron chi connectivity index (χ3n) is 4.21. The summed E-state index contributed by atoms with van der Waals surface area (Å²) in [4.78, 5) is 0.